The molecule has 1 amide bonds. The van der Waals surface area contributed by atoms with Crippen molar-refractivity contribution >= 4 is 5.91 Å². The van der Waals surface area contributed by atoms with Gasteiger partial charge in [0.15, 0.2) is 0 Å². The molecule has 1 fully saturated rings. The van der Waals surface area contributed by atoms with Crippen LogP contribution in [0.1, 0.15) is 13.8 Å². The zero-order valence-electron chi connectivity index (χ0n) is 8.06. The highest BCUT2D eigenvalue weighted by Gasteiger charge is 2.43. The fourth-order valence-corrected chi connectivity index (χ4v) is 1.67. The normalized spacial score (nSPS) is 29.1. The minimum atomic E-state index is -4.75. The van der Waals surface area contributed by atoms with Gasteiger partial charge in [0.2, 0.25) is 0 Å². The zero-order chi connectivity index (χ0) is 10.9. The smallest absolute Gasteiger partial charge is 0.332 e. The van der Waals surface area contributed by atoms with Gasteiger partial charge in [-0.2, -0.15) is 13.2 Å². The van der Waals surface area contributed by atoms with E-state index in [4.69, 9.17) is 0 Å². The summed E-state index contributed by atoms with van der Waals surface area (Å²) in [7, 11) is 0. The third-order valence-corrected chi connectivity index (χ3v) is 2.09. The predicted molar refractivity (Wildman–Crippen MR) is 44.7 cm³/mol. The van der Waals surface area contributed by atoms with Crippen molar-refractivity contribution in [2.75, 3.05) is 13.1 Å². The summed E-state index contributed by atoms with van der Waals surface area (Å²) in [5.74, 6) is -1.74. The van der Waals surface area contributed by atoms with Crippen LogP contribution in [-0.4, -0.2) is 42.2 Å². The number of piperazine rings is 1. The van der Waals surface area contributed by atoms with Gasteiger partial charge in [-0.05, 0) is 13.8 Å². The number of carbonyl (C=O) groups excluding carboxylic acids is 1. The van der Waals surface area contributed by atoms with Crippen LogP contribution in [0.5, 0.6) is 0 Å². The Hall–Kier alpha value is -0.780. The van der Waals surface area contributed by atoms with Crippen LogP contribution in [0.2, 0.25) is 0 Å². The molecule has 14 heavy (non-hydrogen) atoms. The van der Waals surface area contributed by atoms with Gasteiger partial charge in [0.25, 0.3) is 0 Å². The number of hydrogen-bond acceptors (Lipinski definition) is 2. The fourth-order valence-electron chi connectivity index (χ4n) is 1.67. The van der Waals surface area contributed by atoms with E-state index in [9.17, 15) is 18.0 Å². The second-order valence-corrected chi connectivity index (χ2v) is 3.68. The van der Waals surface area contributed by atoms with E-state index >= 15 is 0 Å². The van der Waals surface area contributed by atoms with Crippen LogP contribution < -0.4 is 5.32 Å². The van der Waals surface area contributed by atoms with E-state index in [1.807, 2.05) is 0 Å². The Labute approximate surface area is 80.3 Å². The zero-order valence-corrected chi connectivity index (χ0v) is 8.06. The van der Waals surface area contributed by atoms with E-state index in [0.29, 0.717) is 0 Å². The first-order valence-corrected chi connectivity index (χ1v) is 4.43. The Bertz CT molecular complexity index is 219. The molecule has 3 nitrogen and oxygen atoms in total. The largest absolute Gasteiger partial charge is 0.471 e. The third kappa shape index (κ3) is 2.60. The Kier molecular flexibility index (Phi) is 3.04. The summed E-state index contributed by atoms with van der Waals surface area (Å²) in [4.78, 5) is 11.7. The average molecular weight is 210 g/mol. The molecule has 2 atom stereocenters. The lowest BCUT2D eigenvalue weighted by atomic mass is 10.1. The molecule has 0 saturated carbocycles. The Balaban J connectivity index is 2.64. The number of nitrogens with zero attached hydrogens (tertiary/aromatic N) is 1. The van der Waals surface area contributed by atoms with Crippen molar-refractivity contribution in [1.29, 1.82) is 0 Å². The summed E-state index contributed by atoms with van der Waals surface area (Å²) in [6.45, 7) is 3.74. The van der Waals surface area contributed by atoms with Crippen LogP contribution in [-0.2, 0) is 4.79 Å². The van der Waals surface area contributed by atoms with E-state index in [2.05, 4.69) is 5.32 Å². The third-order valence-electron chi connectivity index (χ3n) is 2.09. The van der Waals surface area contributed by atoms with Gasteiger partial charge in [-0.15, -0.1) is 0 Å². The van der Waals surface area contributed by atoms with Crippen molar-refractivity contribution in [1.82, 2.24) is 10.2 Å². The van der Waals surface area contributed by atoms with Crippen LogP contribution in [0.15, 0.2) is 0 Å². The molecule has 0 aliphatic carbocycles. The van der Waals surface area contributed by atoms with Gasteiger partial charge in [0.1, 0.15) is 0 Å². The lowest BCUT2D eigenvalue weighted by Crippen LogP contribution is -2.58. The van der Waals surface area contributed by atoms with Crippen molar-refractivity contribution in [3.05, 3.63) is 0 Å². The topological polar surface area (TPSA) is 32.3 Å². The van der Waals surface area contributed by atoms with Gasteiger partial charge in [-0.3, -0.25) is 4.79 Å². The minimum Gasteiger partial charge on any atom is -0.332 e. The molecule has 0 aromatic heterocycles. The van der Waals surface area contributed by atoms with E-state index < -0.39 is 12.1 Å². The number of hydrogen-bond donors (Lipinski definition) is 1. The summed E-state index contributed by atoms with van der Waals surface area (Å²) in [5, 5.41) is 3.05. The molecule has 0 bridgehead atoms. The van der Waals surface area contributed by atoms with E-state index in [-0.39, 0.29) is 25.2 Å². The first-order valence-electron chi connectivity index (χ1n) is 4.43. The van der Waals surface area contributed by atoms with Gasteiger partial charge < -0.3 is 10.2 Å². The molecular weight excluding hydrogens is 197 g/mol. The molecule has 82 valence electrons. The van der Waals surface area contributed by atoms with E-state index in [1.165, 1.54) is 0 Å². The minimum absolute atomic E-state index is 0.0925. The van der Waals surface area contributed by atoms with Crippen molar-refractivity contribution in [3.63, 3.8) is 0 Å². The standard InChI is InChI=1S/C8H13F3N2O/c1-5-3-13(4-6(2)12-5)7(14)8(9,10)11/h5-6,12H,3-4H2,1-2H3/t5-,6-/m1/s1. The number of rotatable bonds is 0. The maximum atomic E-state index is 12.1. The van der Waals surface area contributed by atoms with Crippen molar-refractivity contribution in [2.24, 2.45) is 0 Å². The molecule has 0 unspecified atom stereocenters. The van der Waals surface area contributed by atoms with Crippen molar-refractivity contribution < 1.29 is 18.0 Å². The molecule has 1 heterocycles. The molecule has 0 aromatic carbocycles. The second-order valence-electron chi connectivity index (χ2n) is 3.68. The van der Waals surface area contributed by atoms with Crippen LogP contribution >= 0.6 is 0 Å². The van der Waals surface area contributed by atoms with Crippen LogP contribution in [0.25, 0.3) is 0 Å². The molecule has 1 saturated heterocycles. The predicted octanol–water partition coefficient (Wildman–Crippen LogP) is 0.758. The lowest BCUT2D eigenvalue weighted by molar-refractivity contribution is -0.187. The number of halogens is 3. The van der Waals surface area contributed by atoms with Crippen molar-refractivity contribution in [3.8, 4) is 0 Å². The maximum absolute atomic E-state index is 12.1. The SMILES string of the molecule is C[C@@H]1CN(C(=O)C(F)(F)F)C[C@@H](C)N1. The first kappa shape index (κ1) is 11.3. The van der Waals surface area contributed by atoms with Crippen LogP contribution in [0.4, 0.5) is 13.2 Å². The molecule has 1 N–H and O–H groups in total. The number of alkyl halides is 3. The summed E-state index contributed by atoms with van der Waals surface area (Å²) < 4.78 is 36.2. The van der Waals surface area contributed by atoms with Gasteiger partial charge in [0.05, 0.1) is 0 Å². The Morgan fingerprint density at radius 3 is 2.07 bits per heavy atom. The maximum Gasteiger partial charge on any atom is 0.471 e. The Morgan fingerprint density at radius 1 is 1.29 bits per heavy atom. The number of carbonyl (C=O) groups is 1. The molecule has 0 radical (unpaired) electrons. The molecule has 1 rings (SSSR count). The molecule has 1 aliphatic rings. The van der Waals surface area contributed by atoms with Crippen LogP contribution in [0.3, 0.4) is 0 Å². The van der Waals surface area contributed by atoms with Gasteiger partial charge in [-0.25, -0.2) is 0 Å². The van der Waals surface area contributed by atoms with Gasteiger partial charge in [-0.1, -0.05) is 0 Å². The van der Waals surface area contributed by atoms with E-state index in [0.717, 1.165) is 4.90 Å². The molecular formula is C8H13F3N2O. The number of nitrogens with one attached hydrogen (secondary N) is 1. The highest BCUT2D eigenvalue weighted by atomic mass is 19.4. The molecule has 0 aromatic rings. The number of amides is 1. The Morgan fingerprint density at radius 2 is 1.71 bits per heavy atom. The second kappa shape index (κ2) is 3.76. The average Bonchev–Trinajstić information content (AvgIpc) is 1.99. The monoisotopic (exact) mass is 210 g/mol. The molecule has 6 heteroatoms. The summed E-state index contributed by atoms with van der Waals surface area (Å²) in [6, 6.07) is -0.185. The fraction of sp³-hybridized carbons (Fsp3) is 0.875. The summed E-state index contributed by atoms with van der Waals surface area (Å²) in [6.07, 6.45) is -4.75. The lowest BCUT2D eigenvalue weighted by Gasteiger charge is -2.36. The highest BCUT2D eigenvalue weighted by molar-refractivity contribution is 5.82. The van der Waals surface area contributed by atoms with E-state index in [1.54, 1.807) is 13.8 Å². The van der Waals surface area contributed by atoms with Crippen molar-refractivity contribution in [2.45, 2.75) is 32.1 Å². The van der Waals surface area contributed by atoms with Crippen LogP contribution in [0, 0.1) is 0 Å². The quantitative estimate of drug-likeness (QED) is 0.640. The van der Waals surface area contributed by atoms with Gasteiger partial charge in [0, 0.05) is 25.2 Å². The molecule has 0 spiro atoms. The summed E-state index contributed by atoms with van der Waals surface area (Å²) >= 11 is 0. The summed E-state index contributed by atoms with van der Waals surface area (Å²) in [5.41, 5.74) is 0. The first-order chi connectivity index (χ1) is 6.30. The van der Waals surface area contributed by atoms with Gasteiger partial charge >= 0.3 is 12.1 Å². The highest BCUT2D eigenvalue weighted by Crippen LogP contribution is 2.20. The molecule has 1 aliphatic heterocycles.